The summed E-state index contributed by atoms with van der Waals surface area (Å²) in [6.45, 7) is 6.47. The van der Waals surface area contributed by atoms with E-state index in [1.165, 1.54) is 89.9 Å². The maximum atomic E-state index is 12.5. The van der Waals surface area contributed by atoms with Crippen molar-refractivity contribution in [2.24, 2.45) is 0 Å². The summed E-state index contributed by atoms with van der Waals surface area (Å²) in [5.74, 6) is -0.915. The van der Waals surface area contributed by atoms with Crippen LogP contribution in [0.3, 0.4) is 0 Å². The molecule has 0 saturated carbocycles. The van der Waals surface area contributed by atoms with E-state index >= 15 is 0 Å². The third kappa shape index (κ3) is 14.4. The molecule has 194 valence electrons. The molecule has 1 aromatic carbocycles. The van der Waals surface area contributed by atoms with Crippen LogP contribution in [-0.2, 0) is 9.47 Å². The first-order chi connectivity index (χ1) is 16.6. The predicted octanol–water partition coefficient (Wildman–Crippen LogP) is 9.06. The summed E-state index contributed by atoms with van der Waals surface area (Å²) < 4.78 is 10.8. The van der Waals surface area contributed by atoms with Crippen molar-refractivity contribution in [3.8, 4) is 0 Å². The van der Waals surface area contributed by atoms with Crippen LogP contribution < -0.4 is 0 Å². The number of benzene rings is 1. The van der Waals surface area contributed by atoms with Crippen molar-refractivity contribution >= 4 is 11.9 Å². The standard InChI is InChI=1S/C30H50O4/c1-4-6-7-8-9-10-11-12-13-14-15-16-17-18-19-22-25-33-29(31)27-23-20-21-24-28(27)30(32)34-26(3)5-2/h20-21,23-24,26H,4-19,22,25H2,1-3H3. The van der Waals surface area contributed by atoms with E-state index in [9.17, 15) is 9.59 Å². The summed E-state index contributed by atoms with van der Waals surface area (Å²) in [6.07, 6.45) is 21.6. The van der Waals surface area contributed by atoms with Crippen molar-refractivity contribution in [2.45, 2.75) is 136 Å². The molecule has 0 aliphatic carbocycles. The van der Waals surface area contributed by atoms with E-state index in [1.54, 1.807) is 24.3 Å². The van der Waals surface area contributed by atoms with E-state index in [4.69, 9.17) is 9.47 Å². The van der Waals surface area contributed by atoms with Gasteiger partial charge in [-0.1, -0.05) is 122 Å². The highest BCUT2D eigenvalue weighted by Gasteiger charge is 2.20. The van der Waals surface area contributed by atoms with Gasteiger partial charge in [0.05, 0.1) is 23.8 Å². The van der Waals surface area contributed by atoms with Gasteiger partial charge in [-0.2, -0.15) is 0 Å². The van der Waals surface area contributed by atoms with Crippen molar-refractivity contribution in [1.29, 1.82) is 0 Å². The van der Waals surface area contributed by atoms with Gasteiger partial charge in [0.1, 0.15) is 0 Å². The molecule has 0 N–H and O–H groups in total. The van der Waals surface area contributed by atoms with Crippen LogP contribution in [-0.4, -0.2) is 24.6 Å². The molecule has 0 amide bonds. The molecule has 0 spiro atoms. The minimum absolute atomic E-state index is 0.179. The molecular weight excluding hydrogens is 424 g/mol. The van der Waals surface area contributed by atoms with E-state index in [0.717, 1.165) is 19.3 Å². The van der Waals surface area contributed by atoms with Crippen LogP contribution in [0.4, 0.5) is 0 Å². The van der Waals surface area contributed by atoms with Crippen molar-refractivity contribution < 1.29 is 19.1 Å². The number of hydrogen-bond acceptors (Lipinski definition) is 4. The SMILES string of the molecule is CCCCCCCCCCCCCCCCCCOC(=O)c1ccccc1C(=O)OC(C)CC. The molecule has 0 aliphatic rings. The van der Waals surface area contributed by atoms with Gasteiger partial charge >= 0.3 is 11.9 Å². The molecule has 1 unspecified atom stereocenters. The number of carbonyl (C=O) groups is 2. The van der Waals surface area contributed by atoms with Gasteiger partial charge in [-0.05, 0) is 31.9 Å². The maximum Gasteiger partial charge on any atom is 0.339 e. The maximum absolute atomic E-state index is 12.5. The second kappa shape index (κ2) is 20.5. The number of unbranched alkanes of at least 4 members (excludes halogenated alkanes) is 15. The van der Waals surface area contributed by atoms with Gasteiger partial charge in [0.2, 0.25) is 0 Å². The third-order valence-corrected chi connectivity index (χ3v) is 6.48. The van der Waals surface area contributed by atoms with E-state index in [2.05, 4.69) is 6.92 Å². The van der Waals surface area contributed by atoms with Crippen LogP contribution >= 0.6 is 0 Å². The van der Waals surface area contributed by atoms with E-state index < -0.39 is 11.9 Å². The molecule has 0 aliphatic heterocycles. The van der Waals surface area contributed by atoms with Gasteiger partial charge < -0.3 is 9.47 Å². The van der Waals surface area contributed by atoms with Gasteiger partial charge in [-0.15, -0.1) is 0 Å². The molecule has 0 bridgehead atoms. The molecule has 1 atom stereocenters. The Balaban J connectivity index is 2.03. The Morgan fingerprint density at radius 2 is 1.06 bits per heavy atom. The van der Waals surface area contributed by atoms with E-state index in [0.29, 0.717) is 6.61 Å². The molecule has 0 radical (unpaired) electrons. The summed E-state index contributed by atoms with van der Waals surface area (Å²) >= 11 is 0. The van der Waals surface area contributed by atoms with Crippen molar-refractivity contribution in [3.05, 3.63) is 35.4 Å². The number of esters is 2. The molecule has 34 heavy (non-hydrogen) atoms. The van der Waals surface area contributed by atoms with Gasteiger partial charge in [-0.3, -0.25) is 0 Å². The Hall–Kier alpha value is -1.84. The first-order valence-corrected chi connectivity index (χ1v) is 14.1. The zero-order chi connectivity index (χ0) is 24.9. The number of hydrogen-bond donors (Lipinski definition) is 0. The molecule has 4 heteroatoms. The summed E-state index contributed by atoms with van der Waals surface area (Å²) in [5, 5.41) is 0. The van der Waals surface area contributed by atoms with E-state index in [1.807, 2.05) is 13.8 Å². The fourth-order valence-corrected chi connectivity index (χ4v) is 4.06. The topological polar surface area (TPSA) is 52.6 Å². The molecular formula is C30H50O4. The lowest BCUT2D eigenvalue weighted by Gasteiger charge is -2.13. The van der Waals surface area contributed by atoms with Crippen molar-refractivity contribution in [3.63, 3.8) is 0 Å². The Kier molecular flexibility index (Phi) is 18.2. The van der Waals surface area contributed by atoms with Crippen LogP contribution in [0.5, 0.6) is 0 Å². The van der Waals surface area contributed by atoms with Gasteiger partial charge in [0, 0.05) is 0 Å². The molecule has 1 aromatic rings. The quantitative estimate of drug-likeness (QED) is 0.132. The Labute approximate surface area is 209 Å². The fourth-order valence-electron chi connectivity index (χ4n) is 4.06. The van der Waals surface area contributed by atoms with Crippen molar-refractivity contribution in [2.75, 3.05) is 6.61 Å². The lowest BCUT2D eigenvalue weighted by Crippen LogP contribution is -2.18. The lowest BCUT2D eigenvalue weighted by molar-refractivity contribution is 0.0321. The second-order valence-electron chi connectivity index (χ2n) is 9.61. The first-order valence-electron chi connectivity index (χ1n) is 14.1. The zero-order valence-corrected chi connectivity index (χ0v) is 22.2. The monoisotopic (exact) mass is 474 g/mol. The number of carbonyl (C=O) groups excluding carboxylic acids is 2. The van der Waals surface area contributed by atoms with E-state index in [-0.39, 0.29) is 17.2 Å². The fraction of sp³-hybridized carbons (Fsp3) is 0.733. The molecule has 4 nitrogen and oxygen atoms in total. The first kappa shape index (κ1) is 30.2. The van der Waals surface area contributed by atoms with Gasteiger partial charge in [0.15, 0.2) is 0 Å². The Bertz CT molecular complexity index is 655. The lowest BCUT2D eigenvalue weighted by atomic mass is 10.0. The van der Waals surface area contributed by atoms with Crippen molar-refractivity contribution in [1.82, 2.24) is 0 Å². The average Bonchev–Trinajstić information content (AvgIpc) is 2.85. The third-order valence-electron chi connectivity index (χ3n) is 6.48. The van der Waals surface area contributed by atoms with Crippen LogP contribution in [0.25, 0.3) is 0 Å². The summed E-state index contributed by atoms with van der Waals surface area (Å²) in [7, 11) is 0. The molecule has 0 fully saturated rings. The van der Waals surface area contributed by atoms with Crippen LogP contribution in [0, 0.1) is 0 Å². The molecule has 0 aromatic heterocycles. The number of ether oxygens (including phenoxy) is 2. The normalized spacial score (nSPS) is 11.9. The Morgan fingerprint density at radius 3 is 1.50 bits per heavy atom. The highest BCUT2D eigenvalue weighted by molar-refractivity contribution is 6.03. The average molecular weight is 475 g/mol. The molecule has 0 heterocycles. The highest BCUT2D eigenvalue weighted by atomic mass is 16.5. The van der Waals surface area contributed by atoms with Gasteiger partial charge in [-0.25, -0.2) is 9.59 Å². The minimum atomic E-state index is -0.468. The summed E-state index contributed by atoms with van der Waals surface area (Å²) in [6, 6.07) is 6.73. The largest absolute Gasteiger partial charge is 0.462 e. The number of rotatable bonds is 21. The Morgan fingerprint density at radius 1 is 0.647 bits per heavy atom. The van der Waals surface area contributed by atoms with Crippen LogP contribution in [0.15, 0.2) is 24.3 Å². The molecule has 0 saturated heterocycles. The van der Waals surface area contributed by atoms with Crippen LogP contribution in [0.1, 0.15) is 151 Å². The smallest absolute Gasteiger partial charge is 0.339 e. The van der Waals surface area contributed by atoms with Crippen LogP contribution in [0.2, 0.25) is 0 Å². The minimum Gasteiger partial charge on any atom is -0.462 e. The summed E-state index contributed by atoms with van der Waals surface area (Å²) in [4.78, 5) is 24.8. The molecule has 1 rings (SSSR count). The van der Waals surface area contributed by atoms with Gasteiger partial charge in [0.25, 0.3) is 0 Å². The zero-order valence-electron chi connectivity index (χ0n) is 22.2. The highest BCUT2D eigenvalue weighted by Crippen LogP contribution is 2.16. The summed E-state index contributed by atoms with van der Waals surface area (Å²) in [5.41, 5.74) is 0.562. The predicted molar refractivity (Wildman–Crippen MR) is 141 cm³/mol. The second-order valence-corrected chi connectivity index (χ2v) is 9.61.